The minimum Gasteiger partial charge on any atom is -0.350 e. The van der Waals surface area contributed by atoms with Gasteiger partial charge in [0.25, 0.3) is 0 Å². The van der Waals surface area contributed by atoms with Gasteiger partial charge in [0.2, 0.25) is 0 Å². The Morgan fingerprint density at radius 3 is 2.93 bits per heavy atom. The van der Waals surface area contributed by atoms with Crippen LogP contribution in [0.4, 0.5) is 4.39 Å². The van der Waals surface area contributed by atoms with Gasteiger partial charge < -0.3 is 10.3 Å². The summed E-state index contributed by atoms with van der Waals surface area (Å²) in [7, 11) is 1.96. The Morgan fingerprint density at radius 2 is 2.21 bits per heavy atom. The van der Waals surface area contributed by atoms with Gasteiger partial charge in [0.15, 0.2) is 0 Å². The maximum atomic E-state index is 13.0. The van der Waals surface area contributed by atoms with Crippen molar-refractivity contribution >= 4 is 10.9 Å². The molecule has 14 heavy (non-hydrogen) atoms. The number of aryl methyl sites for hydroxylation is 1. The van der Waals surface area contributed by atoms with Crippen LogP contribution in [0.2, 0.25) is 0 Å². The van der Waals surface area contributed by atoms with E-state index in [4.69, 9.17) is 5.73 Å². The van der Waals surface area contributed by atoms with Crippen molar-refractivity contribution in [3.05, 3.63) is 35.8 Å². The average molecular weight is 192 g/mol. The summed E-state index contributed by atoms with van der Waals surface area (Å²) in [5.41, 5.74) is 7.66. The molecule has 0 unspecified atom stereocenters. The van der Waals surface area contributed by atoms with Crippen molar-refractivity contribution in [2.75, 3.05) is 6.54 Å². The molecule has 74 valence electrons. The van der Waals surface area contributed by atoms with Crippen LogP contribution in [-0.4, -0.2) is 11.1 Å². The van der Waals surface area contributed by atoms with Crippen molar-refractivity contribution < 1.29 is 4.39 Å². The second-order valence-electron chi connectivity index (χ2n) is 3.47. The number of rotatable bonds is 2. The highest BCUT2D eigenvalue weighted by molar-refractivity contribution is 5.84. The summed E-state index contributed by atoms with van der Waals surface area (Å²) in [6.07, 6.45) is 2.80. The van der Waals surface area contributed by atoms with E-state index in [-0.39, 0.29) is 5.82 Å². The molecule has 0 aliphatic heterocycles. The Balaban J connectivity index is 2.66. The highest BCUT2D eigenvalue weighted by Crippen LogP contribution is 2.21. The Morgan fingerprint density at radius 1 is 1.43 bits per heavy atom. The molecule has 2 N–H and O–H groups in total. The summed E-state index contributed by atoms with van der Waals surface area (Å²) in [5, 5.41) is 0.970. The molecule has 2 rings (SSSR count). The standard InChI is InChI=1S/C11H13FN2/c1-14-7-8(4-5-13)10-6-9(12)2-3-11(10)14/h2-3,6-7H,4-5,13H2,1H3. The minimum absolute atomic E-state index is 0.193. The highest BCUT2D eigenvalue weighted by Gasteiger charge is 2.06. The van der Waals surface area contributed by atoms with Gasteiger partial charge in [-0.3, -0.25) is 0 Å². The Hall–Kier alpha value is -1.35. The molecule has 0 bridgehead atoms. The normalized spacial score (nSPS) is 11.1. The summed E-state index contributed by atoms with van der Waals surface area (Å²) in [4.78, 5) is 0. The van der Waals surface area contributed by atoms with Crippen molar-refractivity contribution in [1.29, 1.82) is 0 Å². The van der Waals surface area contributed by atoms with Gasteiger partial charge in [-0.05, 0) is 36.7 Å². The molecular weight excluding hydrogens is 179 g/mol. The topological polar surface area (TPSA) is 30.9 Å². The lowest BCUT2D eigenvalue weighted by Crippen LogP contribution is -2.01. The zero-order chi connectivity index (χ0) is 10.1. The number of benzene rings is 1. The van der Waals surface area contributed by atoms with Crippen LogP contribution in [0.3, 0.4) is 0 Å². The van der Waals surface area contributed by atoms with Crippen LogP contribution in [0, 0.1) is 5.82 Å². The molecule has 0 fully saturated rings. The van der Waals surface area contributed by atoms with E-state index in [9.17, 15) is 4.39 Å². The van der Waals surface area contributed by atoms with E-state index in [1.807, 2.05) is 17.8 Å². The van der Waals surface area contributed by atoms with E-state index in [2.05, 4.69) is 0 Å². The zero-order valence-corrected chi connectivity index (χ0v) is 8.13. The Bertz CT molecular complexity index is 460. The molecule has 0 saturated heterocycles. The number of fused-ring (bicyclic) bond motifs is 1. The monoisotopic (exact) mass is 192 g/mol. The zero-order valence-electron chi connectivity index (χ0n) is 8.13. The fourth-order valence-corrected chi connectivity index (χ4v) is 1.80. The first-order valence-electron chi connectivity index (χ1n) is 4.66. The van der Waals surface area contributed by atoms with Crippen LogP contribution in [0.25, 0.3) is 10.9 Å². The van der Waals surface area contributed by atoms with Gasteiger partial charge in [-0.15, -0.1) is 0 Å². The molecule has 0 radical (unpaired) electrons. The van der Waals surface area contributed by atoms with E-state index in [1.165, 1.54) is 6.07 Å². The van der Waals surface area contributed by atoms with Crippen LogP contribution >= 0.6 is 0 Å². The van der Waals surface area contributed by atoms with Crippen molar-refractivity contribution in [3.8, 4) is 0 Å². The summed E-state index contributed by atoms with van der Waals surface area (Å²) in [6, 6.07) is 4.85. The van der Waals surface area contributed by atoms with Crippen LogP contribution in [0.15, 0.2) is 24.4 Å². The van der Waals surface area contributed by atoms with Crippen LogP contribution in [-0.2, 0) is 13.5 Å². The van der Waals surface area contributed by atoms with E-state index in [0.717, 1.165) is 22.9 Å². The van der Waals surface area contributed by atoms with Crippen LogP contribution < -0.4 is 5.73 Å². The first-order chi connectivity index (χ1) is 6.72. The molecule has 0 aliphatic carbocycles. The predicted molar refractivity (Wildman–Crippen MR) is 55.6 cm³/mol. The van der Waals surface area contributed by atoms with E-state index in [0.29, 0.717) is 6.54 Å². The first-order valence-corrected chi connectivity index (χ1v) is 4.66. The number of hydrogen-bond acceptors (Lipinski definition) is 1. The van der Waals surface area contributed by atoms with Crippen LogP contribution in [0.1, 0.15) is 5.56 Å². The number of nitrogens with two attached hydrogens (primary N) is 1. The van der Waals surface area contributed by atoms with Crippen LogP contribution in [0.5, 0.6) is 0 Å². The largest absolute Gasteiger partial charge is 0.350 e. The van der Waals surface area contributed by atoms with Gasteiger partial charge in [0.1, 0.15) is 5.82 Å². The maximum Gasteiger partial charge on any atom is 0.123 e. The minimum atomic E-state index is -0.193. The molecule has 0 atom stereocenters. The lowest BCUT2D eigenvalue weighted by molar-refractivity contribution is 0.629. The van der Waals surface area contributed by atoms with Crippen molar-refractivity contribution in [2.24, 2.45) is 12.8 Å². The Kier molecular flexibility index (Phi) is 2.25. The van der Waals surface area contributed by atoms with Gasteiger partial charge in [-0.1, -0.05) is 0 Å². The average Bonchev–Trinajstić information content (AvgIpc) is 2.44. The Labute approximate surface area is 82.1 Å². The third-order valence-corrected chi connectivity index (χ3v) is 2.45. The van der Waals surface area contributed by atoms with E-state index >= 15 is 0 Å². The summed E-state index contributed by atoms with van der Waals surface area (Å²) in [6.45, 7) is 0.593. The lowest BCUT2D eigenvalue weighted by Gasteiger charge is -1.96. The lowest BCUT2D eigenvalue weighted by atomic mass is 10.1. The SMILES string of the molecule is Cn1cc(CCN)c2cc(F)ccc21. The fourth-order valence-electron chi connectivity index (χ4n) is 1.80. The van der Waals surface area contributed by atoms with Crippen molar-refractivity contribution in [2.45, 2.75) is 6.42 Å². The first kappa shape index (κ1) is 9.21. The van der Waals surface area contributed by atoms with Crippen molar-refractivity contribution in [3.63, 3.8) is 0 Å². The smallest absolute Gasteiger partial charge is 0.123 e. The molecule has 0 amide bonds. The predicted octanol–water partition coefficient (Wildman–Crippen LogP) is 1.82. The molecule has 2 nitrogen and oxygen atoms in total. The molecule has 1 heterocycles. The summed E-state index contributed by atoms with van der Waals surface area (Å²) >= 11 is 0. The van der Waals surface area contributed by atoms with Gasteiger partial charge in [-0.2, -0.15) is 0 Å². The molecule has 3 heteroatoms. The van der Waals surface area contributed by atoms with E-state index in [1.54, 1.807) is 12.1 Å². The molecule has 0 aliphatic rings. The number of nitrogens with zero attached hydrogens (tertiary/aromatic N) is 1. The van der Waals surface area contributed by atoms with E-state index < -0.39 is 0 Å². The molecular formula is C11H13FN2. The van der Waals surface area contributed by atoms with Gasteiger partial charge in [-0.25, -0.2) is 4.39 Å². The molecule has 0 saturated carbocycles. The molecule has 2 aromatic rings. The quantitative estimate of drug-likeness (QED) is 0.773. The van der Waals surface area contributed by atoms with Gasteiger partial charge in [0.05, 0.1) is 0 Å². The third-order valence-electron chi connectivity index (χ3n) is 2.45. The van der Waals surface area contributed by atoms with Gasteiger partial charge >= 0.3 is 0 Å². The summed E-state index contributed by atoms with van der Waals surface area (Å²) in [5.74, 6) is -0.193. The number of hydrogen-bond donors (Lipinski definition) is 1. The summed E-state index contributed by atoms with van der Waals surface area (Å²) < 4.78 is 15.0. The molecule has 0 spiro atoms. The highest BCUT2D eigenvalue weighted by atomic mass is 19.1. The second kappa shape index (κ2) is 3.42. The number of halogens is 1. The molecule has 1 aromatic carbocycles. The number of aromatic nitrogens is 1. The second-order valence-corrected chi connectivity index (χ2v) is 3.47. The van der Waals surface area contributed by atoms with Gasteiger partial charge in [0, 0.05) is 24.1 Å². The third kappa shape index (κ3) is 1.40. The fraction of sp³-hybridized carbons (Fsp3) is 0.273. The maximum absolute atomic E-state index is 13.0. The molecule has 1 aromatic heterocycles. The van der Waals surface area contributed by atoms with Crippen molar-refractivity contribution in [1.82, 2.24) is 4.57 Å².